The standard InChI is InChI=1S/C34H35N7O2S/c1-39(2)27-19-17-26(18-20-27)35-34(43)33(25-13-7-4-8-14-25)40(21-31-36-29(23-44-31)24-11-5-3-6-12-24)32(42)22-41-30-16-10-9-15-28(30)37-38-41/h3-7,9-12,15-20,23,25,33H,8,13-14,21-22H2,1-2H3,(H,35,43)/t25-,33+/m1/s1. The number of carbonyl (C=O) groups excluding carboxylic acids is 2. The number of aromatic nitrogens is 4. The lowest BCUT2D eigenvalue weighted by Crippen LogP contribution is -2.52. The molecule has 2 aromatic heterocycles. The monoisotopic (exact) mass is 605 g/mol. The second-order valence-corrected chi connectivity index (χ2v) is 12.1. The summed E-state index contributed by atoms with van der Waals surface area (Å²) < 4.78 is 1.61. The van der Waals surface area contributed by atoms with Gasteiger partial charge in [0.1, 0.15) is 23.1 Å². The Morgan fingerprint density at radius 2 is 1.77 bits per heavy atom. The van der Waals surface area contributed by atoms with E-state index in [0.717, 1.165) is 40.3 Å². The molecule has 224 valence electrons. The number of hydrogen-bond acceptors (Lipinski definition) is 7. The Bertz CT molecular complexity index is 1760. The fourth-order valence-corrected chi connectivity index (χ4v) is 6.44. The molecular weight excluding hydrogens is 570 g/mol. The van der Waals surface area contributed by atoms with Crippen LogP contribution in [0.2, 0.25) is 0 Å². The topological polar surface area (TPSA) is 96.2 Å². The largest absolute Gasteiger partial charge is 0.378 e. The summed E-state index contributed by atoms with van der Waals surface area (Å²) in [6.45, 7) is 0.169. The molecule has 3 aromatic carbocycles. The van der Waals surface area contributed by atoms with E-state index in [1.165, 1.54) is 11.3 Å². The predicted octanol–water partition coefficient (Wildman–Crippen LogP) is 6.01. The van der Waals surface area contributed by atoms with Gasteiger partial charge in [0.05, 0.1) is 17.8 Å². The number of nitrogens with one attached hydrogen (secondary N) is 1. The summed E-state index contributed by atoms with van der Waals surface area (Å²) in [6, 6.07) is 24.5. The number of para-hydroxylation sites is 1. The second kappa shape index (κ2) is 13.2. The van der Waals surface area contributed by atoms with Crippen LogP contribution < -0.4 is 10.2 Å². The van der Waals surface area contributed by atoms with E-state index >= 15 is 0 Å². The molecule has 0 spiro atoms. The average Bonchev–Trinajstić information content (AvgIpc) is 3.69. The Morgan fingerprint density at radius 3 is 2.52 bits per heavy atom. The first kappa shape index (κ1) is 29.3. The van der Waals surface area contributed by atoms with Crippen LogP contribution in [0.1, 0.15) is 24.3 Å². The summed E-state index contributed by atoms with van der Waals surface area (Å²) in [5.74, 6) is -0.472. The fraction of sp³-hybridized carbons (Fsp3) is 0.265. The zero-order chi connectivity index (χ0) is 30.5. The number of hydrogen-bond donors (Lipinski definition) is 1. The van der Waals surface area contributed by atoms with Crippen LogP contribution >= 0.6 is 11.3 Å². The van der Waals surface area contributed by atoms with Crippen LogP contribution in [-0.2, 0) is 22.7 Å². The molecule has 0 saturated carbocycles. The Hall–Kier alpha value is -4.83. The maximum absolute atomic E-state index is 14.3. The van der Waals surface area contributed by atoms with E-state index in [-0.39, 0.29) is 30.8 Å². The first-order chi connectivity index (χ1) is 21.5. The van der Waals surface area contributed by atoms with Crippen molar-refractivity contribution in [3.05, 3.63) is 101 Å². The van der Waals surface area contributed by atoms with Crippen LogP contribution in [0.15, 0.2) is 96.4 Å². The van der Waals surface area contributed by atoms with Gasteiger partial charge in [0.2, 0.25) is 11.8 Å². The summed E-state index contributed by atoms with van der Waals surface area (Å²) in [6.07, 6.45) is 6.63. The molecule has 44 heavy (non-hydrogen) atoms. The molecule has 1 aliphatic rings. The molecule has 0 saturated heterocycles. The molecule has 0 fully saturated rings. The highest BCUT2D eigenvalue weighted by molar-refractivity contribution is 7.09. The predicted molar refractivity (Wildman–Crippen MR) is 175 cm³/mol. The van der Waals surface area contributed by atoms with Gasteiger partial charge in [-0.05, 0) is 61.6 Å². The highest BCUT2D eigenvalue weighted by Gasteiger charge is 2.37. The molecule has 6 rings (SSSR count). The number of amides is 2. The minimum Gasteiger partial charge on any atom is -0.378 e. The number of allylic oxidation sites excluding steroid dienone is 2. The maximum atomic E-state index is 14.3. The van der Waals surface area contributed by atoms with E-state index in [9.17, 15) is 9.59 Å². The lowest BCUT2D eigenvalue weighted by atomic mass is 9.86. The summed E-state index contributed by atoms with van der Waals surface area (Å²) in [4.78, 5) is 37.1. The van der Waals surface area contributed by atoms with E-state index in [2.05, 4.69) is 27.8 Å². The number of thiazole rings is 1. The summed E-state index contributed by atoms with van der Waals surface area (Å²) in [5, 5.41) is 14.4. The van der Waals surface area contributed by atoms with Crippen LogP contribution in [0.25, 0.3) is 22.3 Å². The lowest BCUT2D eigenvalue weighted by molar-refractivity contribution is -0.142. The molecule has 0 aliphatic heterocycles. The quantitative estimate of drug-likeness (QED) is 0.196. The number of carbonyl (C=O) groups is 2. The Balaban J connectivity index is 1.34. The van der Waals surface area contributed by atoms with Crippen molar-refractivity contribution in [3.8, 4) is 11.3 Å². The van der Waals surface area contributed by atoms with Crippen molar-refractivity contribution in [2.75, 3.05) is 24.3 Å². The summed E-state index contributed by atoms with van der Waals surface area (Å²) in [5.41, 5.74) is 5.06. The number of benzene rings is 3. The van der Waals surface area contributed by atoms with Crippen LogP contribution in [-0.4, -0.2) is 56.8 Å². The summed E-state index contributed by atoms with van der Waals surface area (Å²) in [7, 11) is 3.95. The van der Waals surface area contributed by atoms with Crippen molar-refractivity contribution >= 4 is 45.6 Å². The van der Waals surface area contributed by atoms with Crippen LogP contribution in [0, 0.1) is 5.92 Å². The molecule has 1 aliphatic carbocycles. The Labute approximate surface area is 260 Å². The van der Waals surface area contributed by atoms with Gasteiger partial charge in [-0.15, -0.1) is 16.4 Å². The molecule has 10 heteroatoms. The SMILES string of the molecule is CN(C)c1ccc(NC(=O)[C@H]([C@@H]2CC=CCC2)N(Cc2nc(-c3ccccc3)cs2)C(=O)Cn2nnc3ccccc32)cc1. The normalized spacial score (nSPS) is 15.2. The Kier molecular flexibility index (Phi) is 8.79. The number of nitrogens with zero attached hydrogens (tertiary/aromatic N) is 6. The van der Waals surface area contributed by atoms with Crippen molar-refractivity contribution in [2.24, 2.45) is 5.92 Å². The highest BCUT2D eigenvalue weighted by atomic mass is 32.1. The van der Waals surface area contributed by atoms with Crippen molar-refractivity contribution < 1.29 is 9.59 Å². The number of anilines is 2. The van der Waals surface area contributed by atoms with Crippen LogP contribution in [0.3, 0.4) is 0 Å². The van der Waals surface area contributed by atoms with E-state index in [1.54, 1.807) is 9.58 Å². The maximum Gasteiger partial charge on any atom is 0.247 e. The number of fused-ring (bicyclic) bond motifs is 1. The molecule has 1 N–H and O–H groups in total. The Morgan fingerprint density at radius 1 is 1.00 bits per heavy atom. The van der Waals surface area contributed by atoms with Gasteiger partial charge in [-0.25, -0.2) is 9.67 Å². The van der Waals surface area contributed by atoms with Gasteiger partial charge in [0.25, 0.3) is 0 Å². The third kappa shape index (κ3) is 6.55. The zero-order valence-electron chi connectivity index (χ0n) is 24.8. The third-order valence-corrected chi connectivity index (χ3v) is 8.80. The van der Waals surface area contributed by atoms with Gasteiger partial charge in [-0.2, -0.15) is 0 Å². The highest BCUT2D eigenvalue weighted by Crippen LogP contribution is 2.30. The fourth-order valence-electron chi connectivity index (χ4n) is 5.64. The zero-order valence-corrected chi connectivity index (χ0v) is 25.7. The summed E-state index contributed by atoms with van der Waals surface area (Å²) >= 11 is 1.49. The minimum atomic E-state index is -0.708. The first-order valence-corrected chi connectivity index (χ1v) is 15.6. The molecule has 2 amide bonds. The molecule has 5 aromatic rings. The molecule has 2 atom stereocenters. The van der Waals surface area contributed by atoms with Gasteiger partial charge in [-0.3, -0.25) is 9.59 Å². The minimum absolute atomic E-state index is 0.0404. The number of rotatable bonds is 10. The van der Waals surface area contributed by atoms with Crippen molar-refractivity contribution in [3.63, 3.8) is 0 Å². The molecule has 0 unspecified atom stereocenters. The third-order valence-electron chi connectivity index (χ3n) is 7.96. The van der Waals surface area contributed by atoms with Crippen molar-refractivity contribution in [1.29, 1.82) is 0 Å². The van der Waals surface area contributed by atoms with E-state index in [0.29, 0.717) is 17.6 Å². The smallest absolute Gasteiger partial charge is 0.247 e. The molecule has 0 bridgehead atoms. The van der Waals surface area contributed by atoms with Gasteiger partial charge < -0.3 is 15.1 Å². The first-order valence-electron chi connectivity index (χ1n) is 14.8. The van der Waals surface area contributed by atoms with E-state index in [1.807, 2.05) is 103 Å². The molecule has 0 radical (unpaired) electrons. The second-order valence-electron chi connectivity index (χ2n) is 11.2. The van der Waals surface area contributed by atoms with Crippen molar-refractivity contribution in [1.82, 2.24) is 24.9 Å². The van der Waals surface area contributed by atoms with Gasteiger partial charge in [0, 0.05) is 36.4 Å². The molecule has 2 heterocycles. The van der Waals surface area contributed by atoms with E-state index < -0.39 is 6.04 Å². The van der Waals surface area contributed by atoms with Crippen LogP contribution in [0.5, 0.6) is 0 Å². The van der Waals surface area contributed by atoms with Gasteiger partial charge in [-0.1, -0.05) is 59.8 Å². The average molecular weight is 606 g/mol. The van der Waals surface area contributed by atoms with Crippen LogP contribution in [0.4, 0.5) is 11.4 Å². The van der Waals surface area contributed by atoms with Gasteiger partial charge in [0.15, 0.2) is 0 Å². The van der Waals surface area contributed by atoms with Gasteiger partial charge >= 0.3 is 0 Å². The molecular formula is C34H35N7O2S. The lowest BCUT2D eigenvalue weighted by Gasteiger charge is -2.36. The van der Waals surface area contributed by atoms with Crippen molar-refractivity contribution in [2.45, 2.75) is 38.4 Å². The van der Waals surface area contributed by atoms with E-state index in [4.69, 9.17) is 4.98 Å². The molecule has 9 nitrogen and oxygen atoms in total.